The predicted molar refractivity (Wildman–Crippen MR) is 105 cm³/mol. The molecule has 3 heterocycles. The number of rotatable bonds is 6. The molecule has 0 aliphatic carbocycles. The minimum atomic E-state index is -0.156. The number of amides is 1. The summed E-state index contributed by atoms with van der Waals surface area (Å²) < 4.78 is 5.50. The summed E-state index contributed by atoms with van der Waals surface area (Å²) in [4.78, 5) is 25.6. The zero-order valence-corrected chi connectivity index (χ0v) is 16.2. The number of hydrogen-bond acceptors (Lipinski definition) is 6. The van der Waals surface area contributed by atoms with E-state index in [0.717, 1.165) is 37.6 Å². The maximum atomic E-state index is 12.4. The van der Waals surface area contributed by atoms with E-state index in [1.807, 2.05) is 26.0 Å². The van der Waals surface area contributed by atoms with Crippen molar-refractivity contribution in [2.45, 2.75) is 26.5 Å². The lowest BCUT2D eigenvalue weighted by atomic mass is 10.2. The van der Waals surface area contributed by atoms with E-state index in [0.29, 0.717) is 18.0 Å². The summed E-state index contributed by atoms with van der Waals surface area (Å²) in [6.45, 7) is 8.33. The van der Waals surface area contributed by atoms with Crippen LogP contribution in [0.1, 0.15) is 29.8 Å². The van der Waals surface area contributed by atoms with E-state index < -0.39 is 0 Å². The first-order valence-electron chi connectivity index (χ1n) is 9.30. The van der Waals surface area contributed by atoms with Crippen LogP contribution in [0.25, 0.3) is 0 Å². The van der Waals surface area contributed by atoms with Gasteiger partial charge in [0.25, 0.3) is 5.91 Å². The third-order valence-electron chi connectivity index (χ3n) is 4.45. The van der Waals surface area contributed by atoms with Gasteiger partial charge < -0.3 is 19.9 Å². The number of carbonyl (C=O) groups excluding carboxylic acids is 1. The Kier molecular flexibility index (Phi) is 6.24. The molecule has 0 spiro atoms. The summed E-state index contributed by atoms with van der Waals surface area (Å²) in [5, 5.41) is 2.94. The topological polar surface area (TPSA) is 70.6 Å². The van der Waals surface area contributed by atoms with Gasteiger partial charge in [0.05, 0.1) is 11.7 Å². The van der Waals surface area contributed by atoms with Crippen molar-refractivity contribution >= 4 is 11.7 Å². The molecule has 1 N–H and O–H groups in total. The van der Waals surface area contributed by atoms with Crippen molar-refractivity contribution in [2.75, 3.05) is 38.1 Å². The van der Waals surface area contributed by atoms with Gasteiger partial charge in [0.15, 0.2) is 0 Å². The van der Waals surface area contributed by atoms with Crippen LogP contribution in [0.15, 0.2) is 36.7 Å². The van der Waals surface area contributed by atoms with Crippen molar-refractivity contribution in [3.05, 3.63) is 47.8 Å². The van der Waals surface area contributed by atoms with Crippen LogP contribution in [0.3, 0.4) is 0 Å². The molecular formula is C20H27N5O2. The third-order valence-corrected chi connectivity index (χ3v) is 4.45. The minimum Gasteiger partial charge on any atom is -0.475 e. The van der Waals surface area contributed by atoms with Gasteiger partial charge in [-0.1, -0.05) is 0 Å². The normalized spacial score (nSPS) is 15.0. The average Bonchev–Trinajstić information content (AvgIpc) is 2.67. The first-order valence-corrected chi connectivity index (χ1v) is 9.30. The largest absolute Gasteiger partial charge is 0.475 e. The number of aromatic nitrogens is 2. The molecule has 2 aromatic heterocycles. The highest BCUT2D eigenvalue weighted by atomic mass is 16.5. The van der Waals surface area contributed by atoms with E-state index in [1.165, 1.54) is 6.20 Å². The van der Waals surface area contributed by atoms with Gasteiger partial charge in [-0.15, -0.1) is 0 Å². The summed E-state index contributed by atoms with van der Waals surface area (Å²) in [5.41, 5.74) is 1.54. The fraction of sp³-hybridized carbons (Fsp3) is 0.450. The molecule has 3 rings (SSSR count). The quantitative estimate of drug-likeness (QED) is 0.839. The molecule has 144 valence electrons. The van der Waals surface area contributed by atoms with Crippen LogP contribution < -0.4 is 15.0 Å². The molecule has 1 amide bonds. The second-order valence-electron chi connectivity index (χ2n) is 7.05. The lowest BCUT2D eigenvalue weighted by Crippen LogP contribution is -2.44. The molecule has 0 radical (unpaired) electrons. The van der Waals surface area contributed by atoms with Crippen molar-refractivity contribution < 1.29 is 9.53 Å². The van der Waals surface area contributed by atoms with Crippen LogP contribution in [-0.2, 0) is 6.54 Å². The molecule has 2 aromatic rings. The number of piperazine rings is 1. The Bertz CT molecular complexity index is 755. The van der Waals surface area contributed by atoms with Gasteiger partial charge in [0.1, 0.15) is 5.82 Å². The zero-order valence-electron chi connectivity index (χ0n) is 16.2. The van der Waals surface area contributed by atoms with Crippen molar-refractivity contribution in [3.63, 3.8) is 0 Å². The first kappa shape index (κ1) is 19.1. The highest BCUT2D eigenvalue weighted by molar-refractivity contribution is 5.93. The molecule has 0 unspecified atom stereocenters. The molecule has 1 saturated heterocycles. The summed E-state index contributed by atoms with van der Waals surface area (Å²) in [5.74, 6) is 1.33. The Morgan fingerprint density at radius 2 is 1.96 bits per heavy atom. The lowest BCUT2D eigenvalue weighted by molar-refractivity contribution is 0.0950. The molecule has 0 aromatic carbocycles. The highest BCUT2D eigenvalue weighted by Crippen LogP contribution is 2.15. The monoisotopic (exact) mass is 369 g/mol. The standard InChI is InChI=1S/C20H27N5O2/c1-15(2)27-19-5-4-17(14-22-19)20(26)23-13-16-6-7-21-18(12-16)25-10-8-24(3)9-11-25/h4-7,12,14-15H,8-11,13H2,1-3H3,(H,23,26). The molecular weight excluding hydrogens is 342 g/mol. The summed E-state index contributed by atoms with van der Waals surface area (Å²) >= 11 is 0. The number of ether oxygens (including phenoxy) is 1. The van der Waals surface area contributed by atoms with Crippen LogP contribution in [0.5, 0.6) is 5.88 Å². The number of nitrogens with zero attached hydrogens (tertiary/aromatic N) is 4. The third kappa shape index (κ3) is 5.40. The smallest absolute Gasteiger partial charge is 0.253 e. The Balaban J connectivity index is 1.56. The van der Waals surface area contributed by atoms with Gasteiger partial charge in [0, 0.05) is 51.2 Å². The van der Waals surface area contributed by atoms with Crippen molar-refractivity contribution in [3.8, 4) is 5.88 Å². The van der Waals surface area contributed by atoms with Crippen molar-refractivity contribution in [1.82, 2.24) is 20.2 Å². The minimum absolute atomic E-state index is 0.0540. The van der Waals surface area contributed by atoms with Crippen LogP contribution in [-0.4, -0.2) is 60.1 Å². The van der Waals surface area contributed by atoms with Crippen LogP contribution >= 0.6 is 0 Å². The molecule has 1 aliphatic rings. The molecule has 1 fully saturated rings. The molecule has 7 nitrogen and oxygen atoms in total. The fourth-order valence-electron chi connectivity index (χ4n) is 2.89. The van der Waals surface area contributed by atoms with Gasteiger partial charge in [-0.25, -0.2) is 9.97 Å². The second-order valence-corrected chi connectivity index (χ2v) is 7.05. The molecule has 7 heteroatoms. The van der Waals surface area contributed by atoms with E-state index in [-0.39, 0.29) is 12.0 Å². The van der Waals surface area contributed by atoms with Crippen LogP contribution in [0.2, 0.25) is 0 Å². The SMILES string of the molecule is CC(C)Oc1ccc(C(=O)NCc2ccnc(N3CCN(C)CC3)c2)cn1. The number of pyridine rings is 2. The molecule has 0 bridgehead atoms. The molecule has 0 saturated carbocycles. The van der Waals surface area contributed by atoms with E-state index in [9.17, 15) is 4.79 Å². The maximum absolute atomic E-state index is 12.4. The zero-order chi connectivity index (χ0) is 19.2. The number of hydrogen-bond donors (Lipinski definition) is 1. The van der Waals surface area contributed by atoms with E-state index in [4.69, 9.17) is 4.74 Å². The summed E-state index contributed by atoms with van der Waals surface area (Å²) in [6, 6.07) is 7.41. The van der Waals surface area contributed by atoms with Gasteiger partial charge in [-0.2, -0.15) is 0 Å². The predicted octanol–water partition coefficient (Wildman–Crippen LogP) is 1.95. The summed E-state index contributed by atoms with van der Waals surface area (Å²) in [7, 11) is 2.13. The first-order chi connectivity index (χ1) is 13.0. The second kappa shape index (κ2) is 8.81. The number of likely N-dealkylation sites (N-methyl/N-ethyl adjacent to an activating group) is 1. The van der Waals surface area contributed by atoms with Crippen molar-refractivity contribution in [2.24, 2.45) is 0 Å². The van der Waals surface area contributed by atoms with Crippen LogP contribution in [0, 0.1) is 0 Å². The lowest BCUT2D eigenvalue weighted by Gasteiger charge is -2.33. The highest BCUT2D eigenvalue weighted by Gasteiger charge is 2.15. The van der Waals surface area contributed by atoms with Gasteiger partial charge in [0.2, 0.25) is 5.88 Å². The number of anilines is 1. The van der Waals surface area contributed by atoms with Gasteiger partial charge in [-0.3, -0.25) is 4.79 Å². The Labute approximate surface area is 160 Å². The van der Waals surface area contributed by atoms with Crippen molar-refractivity contribution in [1.29, 1.82) is 0 Å². The van der Waals surface area contributed by atoms with E-state index in [1.54, 1.807) is 18.3 Å². The van der Waals surface area contributed by atoms with Gasteiger partial charge in [-0.05, 0) is 44.7 Å². The number of nitrogens with one attached hydrogen (secondary N) is 1. The molecule has 1 aliphatic heterocycles. The van der Waals surface area contributed by atoms with Gasteiger partial charge >= 0.3 is 0 Å². The number of carbonyl (C=O) groups is 1. The maximum Gasteiger partial charge on any atom is 0.253 e. The average molecular weight is 369 g/mol. The summed E-state index contributed by atoms with van der Waals surface area (Å²) in [6.07, 6.45) is 3.39. The Morgan fingerprint density at radius 1 is 1.19 bits per heavy atom. The molecule has 27 heavy (non-hydrogen) atoms. The van der Waals surface area contributed by atoms with E-state index >= 15 is 0 Å². The fourth-order valence-corrected chi connectivity index (χ4v) is 2.89. The molecule has 0 atom stereocenters. The van der Waals surface area contributed by atoms with E-state index in [2.05, 4.69) is 32.1 Å². The Hall–Kier alpha value is -2.67. The Morgan fingerprint density at radius 3 is 2.63 bits per heavy atom. The van der Waals surface area contributed by atoms with Crippen LogP contribution in [0.4, 0.5) is 5.82 Å².